The number of amides is 1. The minimum atomic E-state index is -3.65. The molecule has 0 bridgehead atoms. The lowest BCUT2D eigenvalue weighted by Crippen LogP contribution is -2.40. The van der Waals surface area contributed by atoms with Gasteiger partial charge in [-0.25, -0.2) is 8.42 Å². The number of nitrogens with zero attached hydrogens (tertiary/aromatic N) is 1. The number of likely N-dealkylation sites (N-methyl/N-ethyl adjacent to an activating group) is 1. The summed E-state index contributed by atoms with van der Waals surface area (Å²) in [6.07, 6.45) is 1.97. The molecule has 1 saturated heterocycles. The summed E-state index contributed by atoms with van der Waals surface area (Å²) in [6, 6.07) is 6.56. The van der Waals surface area contributed by atoms with Gasteiger partial charge >= 0.3 is 0 Å². The van der Waals surface area contributed by atoms with Crippen molar-refractivity contribution < 1.29 is 17.9 Å². The Morgan fingerprint density at radius 3 is 2.64 bits per heavy atom. The van der Waals surface area contributed by atoms with Crippen LogP contribution < -0.4 is 5.32 Å². The van der Waals surface area contributed by atoms with Crippen LogP contribution in [0.4, 0.5) is 0 Å². The summed E-state index contributed by atoms with van der Waals surface area (Å²) in [5.74, 6) is -0.325. The Bertz CT molecular complexity index is 607. The number of hydrogen-bond donors (Lipinski definition) is 1. The SMILES string of the molecule is Cc1ccc(S(=O)(=O)N(C)CC(=O)NCC2CCCO2)cc1. The van der Waals surface area contributed by atoms with E-state index in [2.05, 4.69) is 5.32 Å². The first-order chi connectivity index (χ1) is 10.4. The number of hydrogen-bond acceptors (Lipinski definition) is 4. The standard InChI is InChI=1S/C15H22N2O4S/c1-12-5-7-14(8-6-12)22(19,20)17(2)11-15(18)16-10-13-4-3-9-21-13/h5-8,13H,3-4,9-11H2,1-2H3,(H,16,18). The zero-order chi connectivity index (χ0) is 16.2. The minimum Gasteiger partial charge on any atom is -0.376 e. The molecular weight excluding hydrogens is 304 g/mol. The van der Waals surface area contributed by atoms with Crippen molar-refractivity contribution in [2.75, 3.05) is 26.7 Å². The maximum atomic E-state index is 12.4. The number of carbonyl (C=O) groups is 1. The van der Waals surface area contributed by atoms with Crippen LogP contribution in [-0.2, 0) is 19.6 Å². The Hall–Kier alpha value is -1.44. The van der Waals surface area contributed by atoms with E-state index >= 15 is 0 Å². The van der Waals surface area contributed by atoms with Gasteiger partial charge in [0.1, 0.15) is 0 Å². The highest BCUT2D eigenvalue weighted by atomic mass is 32.2. The summed E-state index contributed by atoms with van der Waals surface area (Å²) in [4.78, 5) is 12.1. The summed E-state index contributed by atoms with van der Waals surface area (Å²) in [6.45, 7) is 2.83. The molecule has 0 aromatic heterocycles. The highest BCUT2D eigenvalue weighted by Gasteiger charge is 2.23. The van der Waals surface area contributed by atoms with Gasteiger partial charge in [-0.1, -0.05) is 17.7 Å². The van der Waals surface area contributed by atoms with Crippen molar-refractivity contribution in [1.82, 2.24) is 9.62 Å². The molecule has 0 aliphatic carbocycles. The molecule has 1 aromatic rings. The van der Waals surface area contributed by atoms with Crippen molar-refractivity contribution in [2.45, 2.75) is 30.8 Å². The average molecular weight is 326 g/mol. The first-order valence-electron chi connectivity index (χ1n) is 7.31. The van der Waals surface area contributed by atoms with Crippen LogP contribution in [0.25, 0.3) is 0 Å². The van der Waals surface area contributed by atoms with Gasteiger partial charge in [-0.05, 0) is 31.9 Å². The predicted molar refractivity (Wildman–Crippen MR) is 83.0 cm³/mol. The van der Waals surface area contributed by atoms with Gasteiger partial charge in [0.25, 0.3) is 0 Å². The van der Waals surface area contributed by atoms with Crippen molar-refractivity contribution in [3.8, 4) is 0 Å². The van der Waals surface area contributed by atoms with Gasteiger partial charge in [-0.2, -0.15) is 4.31 Å². The van der Waals surface area contributed by atoms with E-state index in [0.717, 1.165) is 29.3 Å². The van der Waals surface area contributed by atoms with Crippen LogP contribution in [0.2, 0.25) is 0 Å². The summed E-state index contributed by atoms with van der Waals surface area (Å²) < 4.78 is 31.2. The molecule has 1 aliphatic rings. The normalized spacial score (nSPS) is 18.6. The van der Waals surface area contributed by atoms with Gasteiger partial charge in [-0.15, -0.1) is 0 Å². The third kappa shape index (κ3) is 4.28. The molecule has 22 heavy (non-hydrogen) atoms. The summed E-state index contributed by atoms with van der Waals surface area (Å²) in [5, 5.41) is 2.72. The number of rotatable bonds is 6. The minimum absolute atomic E-state index is 0.0444. The van der Waals surface area contributed by atoms with Crippen molar-refractivity contribution in [3.05, 3.63) is 29.8 Å². The quantitative estimate of drug-likeness (QED) is 0.843. The molecule has 2 rings (SSSR count). The highest BCUT2D eigenvalue weighted by molar-refractivity contribution is 7.89. The molecule has 122 valence electrons. The summed E-state index contributed by atoms with van der Waals surface area (Å²) in [7, 11) is -2.24. The third-order valence-electron chi connectivity index (χ3n) is 3.65. The van der Waals surface area contributed by atoms with Crippen LogP contribution in [0.3, 0.4) is 0 Å². The van der Waals surface area contributed by atoms with Crippen molar-refractivity contribution in [2.24, 2.45) is 0 Å². The molecule has 0 spiro atoms. The van der Waals surface area contributed by atoms with Crippen LogP contribution in [0.1, 0.15) is 18.4 Å². The molecule has 1 fully saturated rings. The maximum Gasteiger partial charge on any atom is 0.243 e. The second-order valence-corrected chi connectivity index (χ2v) is 7.56. The predicted octanol–water partition coefficient (Wildman–Crippen LogP) is 0.911. The number of aryl methyl sites for hydroxylation is 1. The maximum absolute atomic E-state index is 12.4. The Morgan fingerprint density at radius 1 is 1.36 bits per heavy atom. The van der Waals surface area contributed by atoms with E-state index < -0.39 is 10.0 Å². The molecule has 1 unspecified atom stereocenters. The molecular formula is C15H22N2O4S. The van der Waals surface area contributed by atoms with Crippen LogP contribution >= 0.6 is 0 Å². The average Bonchev–Trinajstić information content (AvgIpc) is 2.99. The van der Waals surface area contributed by atoms with Crippen molar-refractivity contribution >= 4 is 15.9 Å². The summed E-state index contributed by atoms with van der Waals surface area (Å²) >= 11 is 0. The zero-order valence-corrected chi connectivity index (χ0v) is 13.7. The lowest BCUT2D eigenvalue weighted by Gasteiger charge is -2.18. The van der Waals surface area contributed by atoms with E-state index in [1.54, 1.807) is 24.3 Å². The Morgan fingerprint density at radius 2 is 2.05 bits per heavy atom. The first-order valence-corrected chi connectivity index (χ1v) is 8.75. The second kappa shape index (κ2) is 7.21. The van der Waals surface area contributed by atoms with Crippen molar-refractivity contribution in [1.29, 1.82) is 0 Å². The smallest absolute Gasteiger partial charge is 0.243 e. The van der Waals surface area contributed by atoms with E-state index in [9.17, 15) is 13.2 Å². The monoisotopic (exact) mass is 326 g/mol. The first kappa shape index (κ1) is 16.9. The topological polar surface area (TPSA) is 75.7 Å². The second-order valence-electron chi connectivity index (χ2n) is 5.51. The van der Waals surface area contributed by atoms with Gasteiger partial charge in [-0.3, -0.25) is 4.79 Å². The van der Waals surface area contributed by atoms with Gasteiger partial charge < -0.3 is 10.1 Å². The fraction of sp³-hybridized carbons (Fsp3) is 0.533. The fourth-order valence-electron chi connectivity index (χ4n) is 2.27. The molecule has 1 atom stereocenters. The van der Waals surface area contributed by atoms with E-state index in [4.69, 9.17) is 4.74 Å². The third-order valence-corrected chi connectivity index (χ3v) is 5.46. The number of carbonyl (C=O) groups excluding carboxylic acids is 1. The Balaban J connectivity index is 1.90. The number of ether oxygens (including phenoxy) is 1. The van der Waals surface area contributed by atoms with Crippen molar-refractivity contribution in [3.63, 3.8) is 0 Å². The molecule has 1 aliphatic heterocycles. The lowest BCUT2D eigenvalue weighted by atomic mass is 10.2. The molecule has 6 nitrogen and oxygen atoms in total. The molecule has 1 N–H and O–H groups in total. The number of sulfonamides is 1. The highest BCUT2D eigenvalue weighted by Crippen LogP contribution is 2.15. The number of benzene rings is 1. The van der Waals surface area contributed by atoms with Crippen LogP contribution in [-0.4, -0.2) is 51.5 Å². The van der Waals surface area contributed by atoms with Gasteiger partial charge in [0.2, 0.25) is 15.9 Å². The van der Waals surface area contributed by atoms with E-state index in [-0.39, 0.29) is 23.5 Å². The van der Waals surface area contributed by atoms with Crippen LogP contribution in [0.5, 0.6) is 0 Å². The van der Waals surface area contributed by atoms with E-state index in [1.165, 1.54) is 7.05 Å². The van der Waals surface area contributed by atoms with Gasteiger partial charge in [0.05, 0.1) is 17.5 Å². The Kier molecular flexibility index (Phi) is 5.55. The van der Waals surface area contributed by atoms with Crippen LogP contribution in [0.15, 0.2) is 29.2 Å². The molecule has 0 saturated carbocycles. The van der Waals surface area contributed by atoms with Gasteiger partial charge in [0, 0.05) is 20.2 Å². The van der Waals surface area contributed by atoms with E-state index in [0.29, 0.717) is 6.54 Å². The fourth-order valence-corrected chi connectivity index (χ4v) is 3.39. The Labute approximate surface area is 131 Å². The largest absolute Gasteiger partial charge is 0.376 e. The zero-order valence-electron chi connectivity index (χ0n) is 12.9. The molecule has 1 aromatic carbocycles. The van der Waals surface area contributed by atoms with Crippen LogP contribution in [0, 0.1) is 6.92 Å². The summed E-state index contributed by atoms with van der Waals surface area (Å²) in [5.41, 5.74) is 0.982. The lowest BCUT2D eigenvalue weighted by molar-refractivity contribution is -0.121. The van der Waals surface area contributed by atoms with Gasteiger partial charge in [0.15, 0.2) is 0 Å². The number of nitrogens with one attached hydrogen (secondary N) is 1. The molecule has 1 heterocycles. The molecule has 1 amide bonds. The molecule has 0 radical (unpaired) electrons. The molecule has 7 heteroatoms. The van der Waals surface area contributed by atoms with E-state index in [1.807, 2.05) is 6.92 Å².